The van der Waals surface area contributed by atoms with E-state index in [4.69, 9.17) is 14.1 Å². The molecule has 0 amide bonds. The van der Waals surface area contributed by atoms with Crippen LogP contribution in [0.5, 0.6) is 5.75 Å². The van der Waals surface area contributed by atoms with E-state index in [9.17, 15) is 19.8 Å². The monoisotopic (exact) mass is 555 g/mol. The molecule has 0 saturated carbocycles. The highest BCUT2D eigenvalue weighted by Gasteiger charge is 2.38. The molecule has 0 aliphatic carbocycles. The molecule has 0 bridgehead atoms. The van der Waals surface area contributed by atoms with E-state index >= 15 is 0 Å². The van der Waals surface area contributed by atoms with Gasteiger partial charge >= 0.3 is 11.9 Å². The number of aromatic nitrogens is 1. The molecular weight excluding hydrogens is 510 g/mol. The van der Waals surface area contributed by atoms with E-state index in [1.54, 1.807) is 0 Å². The summed E-state index contributed by atoms with van der Waals surface area (Å²) in [5.41, 5.74) is 2.09. The number of pyridine rings is 1. The fraction of sp³-hybridized carbons (Fsp3) is 0.516. The molecule has 2 rings (SSSR count). The van der Waals surface area contributed by atoms with Gasteiger partial charge in [0.2, 0.25) is 0 Å². The standard InChI is InChI=1S/C31H45NO6Si/c1-7-23(15-14-20-31(8-2,9-3)38-39(10-4,11-5)12-6)28-17-13-16-24(32-28)22-37-25-18-19-26(29(33)34)27(21-25)30(35)36/h13,15-19,21H,7-12,14,20,22H2,1-6H3,(H,33,34)(H,35,36). The van der Waals surface area contributed by atoms with Gasteiger partial charge in [0.15, 0.2) is 8.32 Å². The number of hydrogen-bond donors (Lipinski definition) is 2. The number of carboxylic acid groups (broad SMARTS) is 2. The zero-order valence-corrected chi connectivity index (χ0v) is 25.4. The van der Waals surface area contributed by atoms with Crippen LogP contribution < -0.4 is 4.74 Å². The molecule has 0 spiro atoms. The first-order valence-corrected chi connectivity index (χ1v) is 16.7. The Morgan fingerprint density at radius 3 is 2.10 bits per heavy atom. The molecule has 214 valence electrons. The molecule has 0 aliphatic rings. The summed E-state index contributed by atoms with van der Waals surface area (Å²) in [6.45, 7) is 13.6. The maximum atomic E-state index is 11.5. The van der Waals surface area contributed by atoms with Gasteiger partial charge in [-0.1, -0.05) is 53.7 Å². The molecule has 0 fully saturated rings. The van der Waals surface area contributed by atoms with Gasteiger partial charge in [0.1, 0.15) is 12.4 Å². The van der Waals surface area contributed by atoms with Gasteiger partial charge in [0.25, 0.3) is 0 Å². The summed E-state index contributed by atoms with van der Waals surface area (Å²) in [5, 5.41) is 18.6. The quantitative estimate of drug-likeness (QED) is 0.189. The Balaban J connectivity index is 2.16. The molecule has 7 nitrogen and oxygen atoms in total. The molecule has 2 N–H and O–H groups in total. The highest BCUT2D eigenvalue weighted by molar-refractivity contribution is 6.73. The number of carboxylic acids is 2. The van der Waals surface area contributed by atoms with Crippen molar-refractivity contribution in [1.29, 1.82) is 0 Å². The van der Waals surface area contributed by atoms with Gasteiger partial charge in [-0.05, 0) is 86.1 Å². The lowest BCUT2D eigenvalue weighted by molar-refractivity contribution is 0.0397. The van der Waals surface area contributed by atoms with E-state index in [2.05, 4.69) is 47.6 Å². The van der Waals surface area contributed by atoms with Crippen LogP contribution in [0.25, 0.3) is 5.57 Å². The maximum Gasteiger partial charge on any atom is 0.336 e. The van der Waals surface area contributed by atoms with Gasteiger partial charge in [-0.3, -0.25) is 0 Å². The molecule has 8 heteroatoms. The number of ether oxygens (including phenoxy) is 1. The topological polar surface area (TPSA) is 106 Å². The number of nitrogens with zero attached hydrogens (tertiary/aromatic N) is 1. The lowest BCUT2D eigenvalue weighted by Gasteiger charge is -2.42. The van der Waals surface area contributed by atoms with Gasteiger partial charge in [-0.2, -0.15) is 0 Å². The average molecular weight is 556 g/mol. The summed E-state index contributed by atoms with van der Waals surface area (Å²) in [6.07, 6.45) is 7.06. The summed E-state index contributed by atoms with van der Waals surface area (Å²) >= 11 is 0. The SMILES string of the molecule is CCC(=CCCC(CC)(CC)O[Si](CC)(CC)CC)c1cccc(COc2ccc(C(=O)O)c(C(=O)O)c2)n1. The van der Waals surface area contributed by atoms with E-state index in [1.807, 2.05) is 18.2 Å². The Hall–Kier alpha value is -2.97. The summed E-state index contributed by atoms with van der Waals surface area (Å²) < 4.78 is 12.8. The van der Waals surface area contributed by atoms with Gasteiger partial charge in [-0.15, -0.1) is 0 Å². The number of aromatic carboxylic acids is 2. The molecule has 0 aliphatic heterocycles. The first kappa shape index (κ1) is 32.2. The molecular formula is C31H45NO6Si. The first-order valence-electron chi connectivity index (χ1n) is 14.2. The normalized spacial score (nSPS) is 12.4. The van der Waals surface area contributed by atoms with E-state index in [-0.39, 0.29) is 29.1 Å². The molecule has 1 aromatic heterocycles. The fourth-order valence-electron chi connectivity index (χ4n) is 5.04. The van der Waals surface area contributed by atoms with Gasteiger partial charge in [0, 0.05) is 0 Å². The maximum absolute atomic E-state index is 11.5. The van der Waals surface area contributed by atoms with Crippen molar-refractivity contribution in [2.75, 3.05) is 0 Å². The van der Waals surface area contributed by atoms with Crippen molar-refractivity contribution in [3.8, 4) is 5.75 Å². The molecule has 1 aromatic carbocycles. The Kier molecular flexibility index (Phi) is 12.4. The number of rotatable bonds is 17. The fourth-order valence-corrected chi connectivity index (χ4v) is 8.28. The van der Waals surface area contributed by atoms with Crippen LogP contribution in [0.2, 0.25) is 18.1 Å². The molecule has 2 aromatic rings. The van der Waals surface area contributed by atoms with Gasteiger partial charge < -0.3 is 19.4 Å². The second-order valence-corrected chi connectivity index (χ2v) is 14.7. The molecule has 0 saturated heterocycles. The van der Waals surface area contributed by atoms with Crippen molar-refractivity contribution in [3.05, 3.63) is 65.0 Å². The van der Waals surface area contributed by atoms with Crippen molar-refractivity contribution in [2.45, 2.75) is 104 Å². The van der Waals surface area contributed by atoms with E-state index < -0.39 is 20.3 Å². The minimum absolute atomic E-state index is 0.0856. The number of carbonyl (C=O) groups is 2. The van der Waals surface area contributed by atoms with Crippen molar-refractivity contribution in [1.82, 2.24) is 4.98 Å². The Labute approximate surface area is 234 Å². The summed E-state index contributed by atoms with van der Waals surface area (Å²) in [7, 11) is -1.72. The highest BCUT2D eigenvalue weighted by Crippen LogP contribution is 2.35. The first-order chi connectivity index (χ1) is 18.6. The number of benzene rings is 1. The van der Waals surface area contributed by atoms with Crippen molar-refractivity contribution in [3.63, 3.8) is 0 Å². The zero-order valence-electron chi connectivity index (χ0n) is 24.4. The largest absolute Gasteiger partial charge is 0.487 e. The second-order valence-electron chi connectivity index (χ2n) is 9.98. The van der Waals surface area contributed by atoms with E-state index in [1.165, 1.54) is 23.8 Å². The molecule has 1 heterocycles. The van der Waals surface area contributed by atoms with Crippen molar-refractivity contribution < 1.29 is 29.0 Å². The second kappa shape index (κ2) is 15.0. The third-order valence-corrected chi connectivity index (χ3v) is 12.7. The number of allylic oxidation sites excluding steroid dienone is 2. The van der Waals surface area contributed by atoms with Crippen LogP contribution in [-0.2, 0) is 11.0 Å². The lowest BCUT2D eigenvalue weighted by Crippen LogP contribution is -2.46. The predicted octanol–water partition coefficient (Wildman–Crippen LogP) is 8.21. The van der Waals surface area contributed by atoms with Gasteiger partial charge in [0.05, 0.1) is 28.1 Å². The molecule has 39 heavy (non-hydrogen) atoms. The van der Waals surface area contributed by atoms with Gasteiger partial charge in [-0.25, -0.2) is 14.6 Å². The molecule has 0 atom stereocenters. The molecule has 0 radical (unpaired) electrons. The van der Waals surface area contributed by atoms with Crippen LogP contribution in [0, 0.1) is 0 Å². The highest BCUT2D eigenvalue weighted by atomic mass is 28.4. The van der Waals surface area contributed by atoms with Crippen LogP contribution in [-0.4, -0.2) is 41.1 Å². The van der Waals surface area contributed by atoms with E-state index in [0.717, 1.165) is 55.9 Å². The minimum atomic E-state index is -1.72. The lowest BCUT2D eigenvalue weighted by atomic mass is 9.91. The van der Waals surface area contributed by atoms with Crippen LogP contribution in [0.15, 0.2) is 42.5 Å². The minimum Gasteiger partial charge on any atom is -0.487 e. The van der Waals surface area contributed by atoms with Crippen LogP contribution in [0.4, 0.5) is 0 Å². The Morgan fingerprint density at radius 2 is 1.56 bits per heavy atom. The number of hydrogen-bond acceptors (Lipinski definition) is 5. The molecule has 0 unspecified atom stereocenters. The average Bonchev–Trinajstić information content (AvgIpc) is 2.96. The third kappa shape index (κ3) is 8.50. The summed E-state index contributed by atoms with van der Waals surface area (Å²) in [6, 6.07) is 13.2. The van der Waals surface area contributed by atoms with E-state index in [0.29, 0.717) is 5.69 Å². The van der Waals surface area contributed by atoms with Crippen LogP contribution in [0.1, 0.15) is 106 Å². The zero-order chi connectivity index (χ0) is 29.1. The smallest absolute Gasteiger partial charge is 0.336 e. The Morgan fingerprint density at radius 1 is 0.923 bits per heavy atom. The predicted molar refractivity (Wildman–Crippen MR) is 158 cm³/mol. The third-order valence-electron chi connectivity index (χ3n) is 8.00. The van der Waals surface area contributed by atoms with Crippen LogP contribution >= 0.6 is 0 Å². The van der Waals surface area contributed by atoms with Crippen molar-refractivity contribution >= 4 is 25.8 Å². The summed E-state index contributed by atoms with van der Waals surface area (Å²) in [4.78, 5) is 27.5. The van der Waals surface area contributed by atoms with Crippen LogP contribution in [0.3, 0.4) is 0 Å². The van der Waals surface area contributed by atoms with Crippen molar-refractivity contribution in [2.24, 2.45) is 0 Å². The Bertz CT molecular complexity index is 1130. The summed E-state index contributed by atoms with van der Waals surface area (Å²) in [5.74, 6) is -2.34.